The van der Waals surface area contributed by atoms with E-state index < -0.39 is 0 Å². The van der Waals surface area contributed by atoms with Crippen LogP contribution in [0.4, 0.5) is 5.69 Å². The summed E-state index contributed by atoms with van der Waals surface area (Å²) in [5, 5.41) is 16.1. The van der Waals surface area contributed by atoms with E-state index in [1.165, 1.54) is 4.80 Å². The second-order valence-corrected chi connectivity index (χ2v) is 6.77. The first-order valence-corrected chi connectivity index (χ1v) is 9.34. The molecular weight excluding hydrogens is 368 g/mol. The number of fused-ring (bicyclic) bond motifs is 1. The number of amides is 1. The Morgan fingerprint density at radius 1 is 1.17 bits per heavy atom. The molecule has 148 valence electrons. The molecule has 0 fully saturated rings. The lowest BCUT2D eigenvalue weighted by atomic mass is 10.1. The molecule has 2 aromatic heterocycles. The van der Waals surface area contributed by atoms with Crippen LogP contribution in [-0.2, 0) is 29.5 Å². The third kappa shape index (κ3) is 4.17. The summed E-state index contributed by atoms with van der Waals surface area (Å²) in [6, 6.07) is 15.5. The van der Waals surface area contributed by atoms with Crippen LogP contribution >= 0.6 is 0 Å². The molecule has 2 aromatic carbocycles. The standard InChI is InChI=1S/C21H22N6O2/c1-26-24-21(23-25-26)15-6-5-7-17(12-15)22-20(28)13-16-14-27(10-11-29-2)19-9-4-3-8-18(16)19/h3-9,12,14H,10-11,13H2,1-2H3,(H,22,28). The second kappa shape index (κ2) is 8.24. The molecule has 0 saturated heterocycles. The molecule has 8 heteroatoms. The van der Waals surface area contributed by atoms with Crippen molar-refractivity contribution in [2.75, 3.05) is 19.0 Å². The van der Waals surface area contributed by atoms with Crippen molar-refractivity contribution in [1.82, 2.24) is 24.8 Å². The number of para-hydroxylation sites is 1. The van der Waals surface area contributed by atoms with Gasteiger partial charge in [-0.2, -0.15) is 4.80 Å². The first kappa shape index (κ1) is 18.8. The van der Waals surface area contributed by atoms with Crippen molar-refractivity contribution in [2.45, 2.75) is 13.0 Å². The summed E-state index contributed by atoms with van der Waals surface area (Å²) in [6.07, 6.45) is 2.32. The molecular formula is C21H22N6O2. The maximum absolute atomic E-state index is 12.7. The van der Waals surface area contributed by atoms with Crippen molar-refractivity contribution in [3.63, 3.8) is 0 Å². The van der Waals surface area contributed by atoms with Gasteiger partial charge >= 0.3 is 0 Å². The predicted octanol–water partition coefficient (Wildman–Crippen LogP) is 2.66. The molecule has 1 amide bonds. The van der Waals surface area contributed by atoms with Crippen molar-refractivity contribution < 1.29 is 9.53 Å². The summed E-state index contributed by atoms with van der Waals surface area (Å²) in [4.78, 5) is 14.1. The molecule has 0 spiro atoms. The second-order valence-electron chi connectivity index (χ2n) is 6.77. The first-order chi connectivity index (χ1) is 14.1. The number of methoxy groups -OCH3 is 1. The van der Waals surface area contributed by atoms with Crippen molar-refractivity contribution in [3.05, 3.63) is 60.3 Å². The summed E-state index contributed by atoms with van der Waals surface area (Å²) < 4.78 is 7.32. The fourth-order valence-corrected chi connectivity index (χ4v) is 3.35. The zero-order valence-electron chi connectivity index (χ0n) is 16.4. The van der Waals surface area contributed by atoms with Crippen LogP contribution in [0.5, 0.6) is 0 Å². The van der Waals surface area contributed by atoms with Crippen LogP contribution in [0.2, 0.25) is 0 Å². The van der Waals surface area contributed by atoms with E-state index in [0.717, 1.165) is 28.6 Å². The summed E-state index contributed by atoms with van der Waals surface area (Å²) in [6.45, 7) is 1.36. The Bertz CT molecular complexity index is 1150. The summed E-state index contributed by atoms with van der Waals surface area (Å²) in [7, 11) is 3.40. The van der Waals surface area contributed by atoms with Gasteiger partial charge in [-0.1, -0.05) is 30.3 Å². The Morgan fingerprint density at radius 3 is 2.83 bits per heavy atom. The fourth-order valence-electron chi connectivity index (χ4n) is 3.35. The zero-order valence-corrected chi connectivity index (χ0v) is 16.4. The van der Waals surface area contributed by atoms with Crippen molar-refractivity contribution in [2.24, 2.45) is 7.05 Å². The van der Waals surface area contributed by atoms with E-state index in [1.54, 1.807) is 14.2 Å². The van der Waals surface area contributed by atoms with Crippen molar-refractivity contribution >= 4 is 22.5 Å². The number of rotatable bonds is 7. The number of carbonyl (C=O) groups is 1. The number of tetrazole rings is 1. The normalized spacial score (nSPS) is 11.1. The van der Waals surface area contributed by atoms with E-state index in [9.17, 15) is 4.79 Å². The van der Waals surface area contributed by atoms with Gasteiger partial charge in [0.1, 0.15) is 0 Å². The van der Waals surface area contributed by atoms with E-state index in [2.05, 4.69) is 31.4 Å². The number of aryl methyl sites for hydroxylation is 1. The number of hydrogen-bond acceptors (Lipinski definition) is 5. The minimum Gasteiger partial charge on any atom is -0.383 e. The molecule has 0 aliphatic carbocycles. The van der Waals surface area contributed by atoms with E-state index >= 15 is 0 Å². The lowest BCUT2D eigenvalue weighted by Crippen LogP contribution is -2.14. The number of aromatic nitrogens is 5. The quantitative estimate of drug-likeness (QED) is 0.524. The molecule has 4 aromatic rings. The minimum absolute atomic E-state index is 0.0797. The largest absolute Gasteiger partial charge is 0.383 e. The van der Waals surface area contributed by atoms with Gasteiger partial charge in [0.15, 0.2) is 0 Å². The molecule has 0 radical (unpaired) electrons. The molecule has 2 heterocycles. The van der Waals surface area contributed by atoms with Crippen LogP contribution in [-0.4, -0.2) is 44.4 Å². The van der Waals surface area contributed by atoms with Crippen LogP contribution in [0.1, 0.15) is 5.56 Å². The van der Waals surface area contributed by atoms with Crippen molar-refractivity contribution in [1.29, 1.82) is 0 Å². The highest BCUT2D eigenvalue weighted by Crippen LogP contribution is 2.23. The van der Waals surface area contributed by atoms with Gasteiger partial charge in [-0.3, -0.25) is 4.79 Å². The maximum atomic E-state index is 12.7. The molecule has 0 aliphatic rings. The SMILES string of the molecule is COCCn1cc(CC(=O)Nc2cccc(-c3nnn(C)n3)c2)c2ccccc21. The molecule has 0 atom stereocenters. The molecule has 8 nitrogen and oxygen atoms in total. The number of nitrogens with one attached hydrogen (secondary N) is 1. The summed E-state index contributed by atoms with van der Waals surface area (Å²) in [5.74, 6) is 0.439. The van der Waals surface area contributed by atoms with Gasteiger partial charge in [0, 0.05) is 42.0 Å². The molecule has 0 aliphatic heterocycles. The summed E-state index contributed by atoms with van der Waals surface area (Å²) >= 11 is 0. The van der Waals surface area contributed by atoms with Gasteiger partial charge in [-0.25, -0.2) is 0 Å². The maximum Gasteiger partial charge on any atom is 0.228 e. The molecule has 1 N–H and O–H groups in total. The molecule has 4 rings (SSSR count). The average Bonchev–Trinajstić information content (AvgIpc) is 3.31. The highest BCUT2D eigenvalue weighted by molar-refractivity contribution is 5.96. The van der Waals surface area contributed by atoms with Gasteiger partial charge in [-0.15, -0.1) is 10.2 Å². The van der Waals surface area contributed by atoms with E-state index in [4.69, 9.17) is 4.74 Å². The molecule has 0 unspecified atom stereocenters. The Kier molecular flexibility index (Phi) is 5.35. The van der Waals surface area contributed by atoms with Gasteiger partial charge in [0.2, 0.25) is 11.7 Å². The monoisotopic (exact) mass is 390 g/mol. The van der Waals surface area contributed by atoms with Crippen LogP contribution in [0.15, 0.2) is 54.7 Å². The van der Waals surface area contributed by atoms with Crippen LogP contribution in [0.3, 0.4) is 0 Å². The lowest BCUT2D eigenvalue weighted by Gasteiger charge is -2.06. The third-order valence-corrected chi connectivity index (χ3v) is 4.67. The number of nitrogens with zero attached hydrogens (tertiary/aromatic N) is 5. The third-order valence-electron chi connectivity index (χ3n) is 4.67. The fraction of sp³-hybridized carbons (Fsp3) is 0.238. The number of benzene rings is 2. The molecule has 0 bridgehead atoms. The first-order valence-electron chi connectivity index (χ1n) is 9.34. The molecule has 0 saturated carbocycles. The van der Waals surface area contributed by atoms with E-state index in [-0.39, 0.29) is 12.3 Å². The van der Waals surface area contributed by atoms with Crippen LogP contribution < -0.4 is 5.32 Å². The van der Waals surface area contributed by atoms with Crippen molar-refractivity contribution in [3.8, 4) is 11.4 Å². The Labute approximate surface area is 168 Å². The Balaban J connectivity index is 1.52. The highest BCUT2D eigenvalue weighted by Gasteiger charge is 2.13. The van der Waals surface area contributed by atoms with E-state index in [1.807, 2.05) is 48.7 Å². The van der Waals surface area contributed by atoms with Gasteiger partial charge < -0.3 is 14.6 Å². The minimum atomic E-state index is -0.0797. The number of hydrogen-bond donors (Lipinski definition) is 1. The predicted molar refractivity (Wildman–Crippen MR) is 110 cm³/mol. The van der Waals surface area contributed by atoms with E-state index in [0.29, 0.717) is 18.1 Å². The zero-order chi connectivity index (χ0) is 20.2. The average molecular weight is 390 g/mol. The van der Waals surface area contributed by atoms with Crippen LogP contribution in [0, 0.1) is 0 Å². The van der Waals surface area contributed by atoms with Gasteiger partial charge in [0.05, 0.1) is 20.1 Å². The van der Waals surface area contributed by atoms with Gasteiger partial charge in [-0.05, 0) is 29.0 Å². The summed E-state index contributed by atoms with van der Waals surface area (Å²) in [5.41, 5.74) is 3.58. The highest BCUT2D eigenvalue weighted by atomic mass is 16.5. The van der Waals surface area contributed by atoms with Crippen LogP contribution in [0.25, 0.3) is 22.3 Å². The lowest BCUT2D eigenvalue weighted by molar-refractivity contribution is -0.115. The number of anilines is 1. The van der Waals surface area contributed by atoms with Gasteiger partial charge in [0.25, 0.3) is 0 Å². The topological polar surface area (TPSA) is 86.9 Å². The smallest absolute Gasteiger partial charge is 0.228 e. The number of carbonyl (C=O) groups excluding carboxylic acids is 1. The Morgan fingerprint density at radius 2 is 2.03 bits per heavy atom. The number of ether oxygens (including phenoxy) is 1. The Hall–Kier alpha value is -3.52. The molecule has 29 heavy (non-hydrogen) atoms.